The number of carbonyl (C=O) groups excluding carboxylic acids is 1. The summed E-state index contributed by atoms with van der Waals surface area (Å²) in [7, 11) is 0. The Hall–Kier alpha value is -1.24. The average Bonchev–Trinajstić information content (AvgIpc) is 2.98. The van der Waals surface area contributed by atoms with Gasteiger partial charge in [-0.1, -0.05) is 11.2 Å². The Morgan fingerprint density at radius 3 is 3.05 bits per heavy atom. The Balaban J connectivity index is 1.66. The maximum absolute atomic E-state index is 10.8. The summed E-state index contributed by atoms with van der Waals surface area (Å²) in [5, 5.41) is 5.72. The normalized spacial score (nSPS) is 17.4. The van der Waals surface area contributed by atoms with Crippen molar-refractivity contribution in [2.24, 2.45) is 5.16 Å². The second kappa shape index (κ2) is 8.04. The van der Waals surface area contributed by atoms with Crippen LogP contribution in [0.3, 0.4) is 0 Å². The molecule has 103 valence electrons. The van der Waals surface area contributed by atoms with E-state index in [1.807, 2.05) is 17.5 Å². The zero-order valence-electron chi connectivity index (χ0n) is 10.7. The Bertz CT molecular complexity index is 400. The Kier molecular flexibility index (Phi) is 6.00. The number of morpholine rings is 1. The highest BCUT2D eigenvalue weighted by molar-refractivity contribution is 7.12. The van der Waals surface area contributed by atoms with Gasteiger partial charge in [0.05, 0.1) is 18.1 Å². The Morgan fingerprint density at radius 2 is 2.37 bits per heavy atom. The van der Waals surface area contributed by atoms with Crippen molar-refractivity contribution >= 4 is 23.3 Å². The molecule has 1 saturated heterocycles. The molecule has 6 heteroatoms. The van der Waals surface area contributed by atoms with Crippen LogP contribution in [0.1, 0.15) is 11.3 Å². The first-order valence-electron chi connectivity index (χ1n) is 6.32. The van der Waals surface area contributed by atoms with Gasteiger partial charge >= 0.3 is 0 Å². The topological polar surface area (TPSA) is 51.1 Å². The molecule has 0 bridgehead atoms. The van der Waals surface area contributed by atoms with E-state index in [9.17, 15) is 4.79 Å². The van der Waals surface area contributed by atoms with Gasteiger partial charge in [0.1, 0.15) is 6.61 Å². The van der Waals surface area contributed by atoms with Crippen molar-refractivity contribution in [3.05, 3.63) is 22.4 Å². The molecule has 19 heavy (non-hydrogen) atoms. The van der Waals surface area contributed by atoms with Gasteiger partial charge in [0.2, 0.25) is 0 Å². The number of nitrogens with zero attached hydrogens (tertiary/aromatic N) is 2. The van der Waals surface area contributed by atoms with E-state index >= 15 is 0 Å². The first-order valence-corrected chi connectivity index (χ1v) is 7.20. The van der Waals surface area contributed by atoms with Crippen LogP contribution in [0.25, 0.3) is 0 Å². The molecule has 0 saturated carbocycles. The largest absolute Gasteiger partial charge is 0.395 e. The number of hydrogen-bond donors (Lipinski definition) is 0. The lowest BCUT2D eigenvalue weighted by molar-refractivity contribution is 0.0323. The van der Waals surface area contributed by atoms with Crippen LogP contribution < -0.4 is 0 Å². The molecule has 0 spiro atoms. The fraction of sp³-hybridized carbons (Fsp3) is 0.538. The van der Waals surface area contributed by atoms with Gasteiger partial charge in [-0.05, 0) is 17.9 Å². The van der Waals surface area contributed by atoms with Crippen LogP contribution in [-0.4, -0.2) is 56.4 Å². The fourth-order valence-corrected chi connectivity index (χ4v) is 2.47. The molecule has 0 unspecified atom stereocenters. The minimum absolute atomic E-state index is 0.237. The lowest BCUT2D eigenvalue weighted by atomic mass is 10.3. The third-order valence-electron chi connectivity index (χ3n) is 2.82. The summed E-state index contributed by atoms with van der Waals surface area (Å²) >= 11 is 1.45. The third kappa shape index (κ3) is 4.74. The molecule has 1 fully saturated rings. The maximum atomic E-state index is 10.8. The Morgan fingerprint density at radius 1 is 1.53 bits per heavy atom. The highest BCUT2D eigenvalue weighted by Gasteiger charge is 2.09. The molecular formula is C13H17N2O3S. The van der Waals surface area contributed by atoms with Crippen LogP contribution in [0.5, 0.6) is 0 Å². The Labute approximate surface area is 116 Å². The molecule has 0 N–H and O–H groups in total. The van der Waals surface area contributed by atoms with Crippen molar-refractivity contribution in [3.8, 4) is 0 Å². The van der Waals surface area contributed by atoms with E-state index in [-0.39, 0.29) is 5.71 Å². The van der Waals surface area contributed by atoms with E-state index in [1.54, 1.807) is 6.29 Å². The molecular weight excluding hydrogens is 264 g/mol. The van der Waals surface area contributed by atoms with Gasteiger partial charge in [0.25, 0.3) is 6.29 Å². The molecule has 2 heterocycles. The molecule has 0 aliphatic carbocycles. The van der Waals surface area contributed by atoms with Gasteiger partial charge in [-0.2, -0.15) is 0 Å². The number of ether oxygens (including phenoxy) is 1. The highest BCUT2D eigenvalue weighted by atomic mass is 32.1. The zero-order valence-corrected chi connectivity index (χ0v) is 11.5. The summed E-state index contributed by atoms with van der Waals surface area (Å²) in [5.74, 6) is 0. The second-order valence-electron chi connectivity index (χ2n) is 4.16. The minimum atomic E-state index is 0.237. The van der Waals surface area contributed by atoms with Crippen LogP contribution in [0, 0.1) is 0 Å². The molecule has 5 nitrogen and oxygen atoms in total. The zero-order chi connectivity index (χ0) is 13.3. The van der Waals surface area contributed by atoms with Gasteiger partial charge in [-0.3, -0.25) is 9.69 Å². The van der Waals surface area contributed by atoms with Crippen LogP contribution in [0.15, 0.2) is 22.7 Å². The molecule has 1 aromatic heterocycles. The molecule has 1 radical (unpaired) electrons. The molecule has 1 aromatic rings. The minimum Gasteiger partial charge on any atom is -0.395 e. The van der Waals surface area contributed by atoms with Crippen molar-refractivity contribution in [1.82, 2.24) is 4.90 Å². The van der Waals surface area contributed by atoms with Gasteiger partial charge in [0, 0.05) is 19.6 Å². The van der Waals surface area contributed by atoms with E-state index < -0.39 is 0 Å². The number of hydrogen-bond acceptors (Lipinski definition) is 6. The molecule has 2 rings (SSSR count). The van der Waals surface area contributed by atoms with Crippen LogP contribution in [0.2, 0.25) is 0 Å². The van der Waals surface area contributed by atoms with Gasteiger partial charge < -0.3 is 9.57 Å². The number of oxime groups is 1. The lowest BCUT2D eigenvalue weighted by Crippen LogP contribution is -2.37. The molecule has 1 aliphatic heterocycles. The number of thiophene rings is 1. The van der Waals surface area contributed by atoms with Crippen molar-refractivity contribution in [2.75, 3.05) is 39.5 Å². The average molecular weight is 281 g/mol. The number of rotatable bonds is 7. The van der Waals surface area contributed by atoms with Crippen molar-refractivity contribution < 1.29 is 14.4 Å². The first kappa shape index (κ1) is 14.2. The van der Waals surface area contributed by atoms with Crippen molar-refractivity contribution in [1.29, 1.82) is 0 Å². The molecule has 0 aromatic carbocycles. The van der Waals surface area contributed by atoms with Gasteiger partial charge in [0.15, 0.2) is 5.71 Å². The standard InChI is InChI=1S/C13H17N2O3S/c16-11-12(13-3-1-10-19-13)14-18-7-2-4-15-5-8-17-9-6-15/h1,3,10H,2,4-9H2. The second-order valence-corrected chi connectivity index (χ2v) is 5.11. The summed E-state index contributed by atoms with van der Waals surface area (Å²) in [6.45, 7) is 5.05. The highest BCUT2D eigenvalue weighted by Crippen LogP contribution is 2.09. The lowest BCUT2D eigenvalue weighted by Gasteiger charge is -2.26. The van der Waals surface area contributed by atoms with E-state index in [0.29, 0.717) is 6.61 Å². The summed E-state index contributed by atoms with van der Waals surface area (Å²) in [6, 6.07) is 3.69. The predicted molar refractivity (Wildman–Crippen MR) is 74.4 cm³/mol. The molecule has 1 aliphatic rings. The fourth-order valence-electron chi connectivity index (χ4n) is 1.81. The van der Waals surface area contributed by atoms with E-state index in [4.69, 9.17) is 9.57 Å². The predicted octanol–water partition coefficient (Wildman–Crippen LogP) is 1.30. The summed E-state index contributed by atoms with van der Waals surface area (Å²) in [6.07, 6.45) is 2.69. The quantitative estimate of drug-likeness (QED) is 0.429. The maximum Gasteiger partial charge on any atom is 0.258 e. The first-order chi connectivity index (χ1) is 9.40. The van der Waals surface area contributed by atoms with Crippen molar-refractivity contribution in [3.63, 3.8) is 0 Å². The van der Waals surface area contributed by atoms with E-state index in [0.717, 1.165) is 44.1 Å². The monoisotopic (exact) mass is 281 g/mol. The summed E-state index contributed by atoms with van der Waals surface area (Å²) in [5.41, 5.74) is 0.237. The third-order valence-corrected chi connectivity index (χ3v) is 3.70. The summed E-state index contributed by atoms with van der Waals surface area (Å²) in [4.78, 5) is 19.1. The van der Waals surface area contributed by atoms with Crippen LogP contribution in [-0.2, 0) is 14.4 Å². The van der Waals surface area contributed by atoms with Gasteiger partial charge in [-0.15, -0.1) is 11.3 Å². The van der Waals surface area contributed by atoms with E-state index in [2.05, 4.69) is 10.1 Å². The van der Waals surface area contributed by atoms with E-state index in [1.165, 1.54) is 11.3 Å². The summed E-state index contributed by atoms with van der Waals surface area (Å²) < 4.78 is 5.28. The molecule has 0 atom stereocenters. The van der Waals surface area contributed by atoms with Crippen LogP contribution in [0.4, 0.5) is 0 Å². The smallest absolute Gasteiger partial charge is 0.258 e. The van der Waals surface area contributed by atoms with Crippen molar-refractivity contribution in [2.45, 2.75) is 6.42 Å². The van der Waals surface area contributed by atoms with Crippen LogP contribution >= 0.6 is 11.3 Å². The molecule has 0 amide bonds. The SMILES string of the molecule is O=[C]C(=NOCCCN1CCOCC1)c1cccs1. The van der Waals surface area contributed by atoms with Gasteiger partial charge in [-0.25, -0.2) is 0 Å².